The van der Waals surface area contributed by atoms with Gasteiger partial charge in [-0.25, -0.2) is 0 Å². The van der Waals surface area contributed by atoms with Crippen molar-refractivity contribution in [1.29, 1.82) is 0 Å². The molecule has 0 amide bonds. The van der Waals surface area contributed by atoms with E-state index in [9.17, 15) is 0 Å². The van der Waals surface area contributed by atoms with Crippen LogP contribution in [0.1, 0.15) is 38.4 Å². The molecule has 1 saturated carbocycles. The van der Waals surface area contributed by atoms with Gasteiger partial charge >= 0.3 is 6.01 Å². The van der Waals surface area contributed by atoms with Gasteiger partial charge < -0.3 is 9.84 Å². The zero-order valence-electron chi connectivity index (χ0n) is 8.84. The summed E-state index contributed by atoms with van der Waals surface area (Å²) in [6.07, 6.45) is 5.29. The molecule has 2 rings (SSSR count). The summed E-state index contributed by atoms with van der Waals surface area (Å²) in [6, 6.07) is 0.552. The van der Waals surface area contributed by atoms with Crippen LogP contribution in [0, 0.1) is 12.3 Å². The smallest absolute Gasteiger partial charge is 0.321 e. The maximum absolute atomic E-state index is 5.00. The molecule has 1 heterocycles. The number of aromatic nitrogens is 2. The Hall–Kier alpha value is -1.06. The predicted octanol–water partition coefficient (Wildman–Crippen LogP) is 2.37. The molecule has 1 N–H and O–H groups in total. The van der Waals surface area contributed by atoms with Crippen LogP contribution in [0.4, 0.5) is 6.01 Å². The van der Waals surface area contributed by atoms with Crippen LogP contribution in [0.3, 0.4) is 0 Å². The molecule has 14 heavy (non-hydrogen) atoms. The van der Waals surface area contributed by atoms with Gasteiger partial charge in [-0.15, -0.1) is 0 Å². The number of nitrogens with one attached hydrogen (secondary N) is 1. The second-order valence-corrected chi connectivity index (χ2v) is 4.52. The molecule has 0 aromatic carbocycles. The van der Waals surface area contributed by atoms with Crippen LogP contribution in [0.2, 0.25) is 0 Å². The summed E-state index contributed by atoms with van der Waals surface area (Å²) in [4.78, 5) is 4.11. The third-order valence-corrected chi connectivity index (χ3v) is 3.00. The van der Waals surface area contributed by atoms with Crippen molar-refractivity contribution < 1.29 is 4.52 Å². The first-order valence-electron chi connectivity index (χ1n) is 5.22. The molecule has 0 spiro atoms. The molecule has 0 radical (unpaired) electrons. The van der Waals surface area contributed by atoms with Crippen LogP contribution < -0.4 is 5.32 Å². The normalized spacial score (nSPS) is 19.9. The van der Waals surface area contributed by atoms with Crippen LogP contribution in [-0.4, -0.2) is 16.7 Å². The Morgan fingerprint density at radius 2 is 2.14 bits per heavy atom. The highest BCUT2D eigenvalue weighted by Crippen LogP contribution is 2.37. The van der Waals surface area contributed by atoms with Crippen LogP contribution in [0.5, 0.6) is 0 Å². The lowest BCUT2D eigenvalue weighted by molar-refractivity contribution is 0.351. The van der Waals surface area contributed by atoms with E-state index in [1.807, 2.05) is 6.92 Å². The summed E-state index contributed by atoms with van der Waals surface area (Å²) < 4.78 is 5.00. The molecule has 1 aromatic heterocycles. The predicted molar refractivity (Wildman–Crippen MR) is 54.1 cm³/mol. The quantitative estimate of drug-likeness (QED) is 0.804. The molecule has 4 heteroatoms. The molecule has 0 unspecified atom stereocenters. The van der Waals surface area contributed by atoms with Gasteiger partial charge in [0.05, 0.1) is 0 Å². The Balaban J connectivity index is 1.87. The Morgan fingerprint density at radius 3 is 2.71 bits per heavy atom. The van der Waals surface area contributed by atoms with E-state index in [4.69, 9.17) is 4.52 Å². The molecule has 1 aliphatic carbocycles. The van der Waals surface area contributed by atoms with Crippen molar-refractivity contribution in [2.24, 2.45) is 5.41 Å². The third-order valence-electron chi connectivity index (χ3n) is 3.00. The number of nitrogens with zero attached hydrogens (tertiary/aromatic N) is 2. The molecule has 4 nitrogen and oxygen atoms in total. The summed E-state index contributed by atoms with van der Waals surface area (Å²) in [5, 5.41) is 6.94. The summed E-state index contributed by atoms with van der Waals surface area (Å²) in [6.45, 7) is 5.08. The molecular weight excluding hydrogens is 178 g/mol. The van der Waals surface area contributed by atoms with E-state index in [2.05, 4.69) is 22.4 Å². The standard InChI is InChI=1S/C10H17N3O/c1-8-12-9(14-13-8)11-7-10(2)5-3-4-6-10/h3-7H2,1-2H3,(H,11,12,13). The van der Waals surface area contributed by atoms with E-state index < -0.39 is 0 Å². The number of aryl methyl sites for hydroxylation is 1. The van der Waals surface area contributed by atoms with Gasteiger partial charge in [-0.2, -0.15) is 4.98 Å². The summed E-state index contributed by atoms with van der Waals surface area (Å²) in [5.41, 5.74) is 0.419. The van der Waals surface area contributed by atoms with E-state index in [-0.39, 0.29) is 0 Å². The van der Waals surface area contributed by atoms with E-state index in [0.29, 0.717) is 17.3 Å². The molecule has 0 atom stereocenters. The van der Waals surface area contributed by atoms with Gasteiger partial charge in [-0.1, -0.05) is 24.9 Å². The third kappa shape index (κ3) is 2.05. The minimum absolute atomic E-state index is 0.419. The Kier molecular flexibility index (Phi) is 2.44. The average Bonchev–Trinajstić information content (AvgIpc) is 2.73. The Bertz CT molecular complexity index is 302. The van der Waals surface area contributed by atoms with Gasteiger partial charge in [-0.05, 0) is 25.2 Å². The van der Waals surface area contributed by atoms with Gasteiger partial charge in [-0.3, -0.25) is 0 Å². The number of anilines is 1. The topological polar surface area (TPSA) is 51.0 Å². The Labute approximate surface area is 84.1 Å². The minimum Gasteiger partial charge on any atom is -0.337 e. The van der Waals surface area contributed by atoms with Crippen molar-refractivity contribution in [1.82, 2.24) is 10.1 Å². The van der Waals surface area contributed by atoms with E-state index >= 15 is 0 Å². The lowest BCUT2D eigenvalue weighted by Gasteiger charge is -2.22. The van der Waals surface area contributed by atoms with Crippen LogP contribution in [0.15, 0.2) is 4.52 Å². The Morgan fingerprint density at radius 1 is 1.43 bits per heavy atom. The zero-order valence-corrected chi connectivity index (χ0v) is 8.84. The maximum atomic E-state index is 5.00. The fraction of sp³-hybridized carbons (Fsp3) is 0.800. The van der Waals surface area contributed by atoms with Gasteiger partial charge in [0, 0.05) is 6.54 Å². The van der Waals surface area contributed by atoms with E-state index in [1.165, 1.54) is 25.7 Å². The molecular formula is C10H17N3O. The number of rotatable bonds is 3. The maximum Gasteiger partial charge on any atom is 0.321 e. The highest BCUT2D eigenvalue weighted by Gasteiger charge is 2.28. The molecule has 1 fully saturated rings. The average molecular weight is 195 g/mol. The number of hydrogen-bond donors (Lipinski definition) is 1. The van der Waals surface area contributed by atoms with Crippen molar-refractivity contribution in [3.8, 4) is 0 Å². The molecule has 1 aliphatic rings. The summed E-state index contributed by atoms with van der Waals surface area (Å²) in [7, 11) is 0. The first kappa shape index (κ1) is 9.49. The molecule has 78 valence electrons. The highest BCUT2D eigenvalue weighted by molar-refractivity contribution is 5.18. The lowest BCUT2D eigenvalue weighted by atomic mass is 9.89. The second kappa shape index (κ2) is 3.59. The van der Waals surface area contributed by atoms with Crippen molar-refractivity contribution >= 4 is 6.01 Å². The van der Waals surface area contributed by atoms with Gasteiger partial charge in [0.2, 0.25) is 0 Å². The van der Waals surface area contributed by atoms with Crippen molar-refractivity contribution in [3.63, 3.8) is 0 Å². The van der Waals surface area contributed by atoms with Gasteiger partial charge in [0.25, 0.3) is 0 Å². The highest BCUT2D eigenvalue weighted by atomic mass is 16.5. The fourth-order valence-electron chi connectivity index (χ4n) is 2.06. The molecule has 0 aliphatic heterocycles. The second-order valence-electron chi connectivity index (χ2n) is 4.52. The van der Waals surface area contributed by atoms with Crippen molar-refractivity contribution in [3.05, 3.63) is 5.82 Å². The van der Waals surface area contributed by atoms with E-state index in [1.54, 1.807) is 0 Å². The molecule has 0 bridgehead atoms. The van der Waals surface area contributed by atoms with Gasteiger partial charge in [0.15, 0.2) is 5.82 Å². The minimum atomic E-state index is 0.419. The first-order chi connectivity index (χ1) is 6.68. The fourth-order valence-corrected chi connectivity index (χ4v) is 2.06. The summed E-state index contributed by atoms with van der Waals surface area (Å²) >= 11 is 0. The van der Waals surface area contributed by atoms with Crippen molar-refractivity contribution in [2.45, 2.75) is 39.5 Å². The SMILES string of the molecule is Cc1noc(NCC2(C)CCCC2)n1. The van der Waals surface area contributed by atoms with Crippen LogP contribution >= 0.6 is 0 Å². The van der Waals surface area contributed by atoms with Crippen molar-refractivity contribution in [2.75, 3.05) is 11.9 Å². The summed E-state index contributed by atoms with van der Waals surface area (Å²) in [5.74, 6) is 0.684. The monoisotopic (exact) mass is 195 g/mol. The van der Waals surface area contributed by atoms with Crippen LogP contribution in [0.25, 0.3) is 0 Å². The van der Waals surface area contributed by atoms with Gasteiger partial charge in [0.1, 0.15) is 0 Å². The largest absolute Gasteiger partial charge is 0.337 e. The van der Waals surface area contributed by atoms with Crippen LogP contribution in [-0.2, 0) is 0 Å². The number of hydrogen-bond acceptors (Lipinski definition) is 4. The van der Waals surface area contributed by atoms with E-state index in [0.717, 1.165) is 6.54 Å². The molecule has 1 aromatic rings. The zero-order chi connectivity index (χ0) is 10.0. The lowest BCUT2D eigenvalue weighted by Crippen LogP contribution is -2.23. The first-order valence-corrected chi connectivity index (χ1v) is 5.22. The molecule has 0 saturated heterocycles.